The first kappa shape index (κ1) is 13.0. The summed E-state index contributed by atoms with van der Waals surface area (Å²) in [7, 11) is 0. The molecule has 0 saturated carbocycles. The van der Waals surface area contributed by atoms with Gasteiger partial charge in [-0.3, -0.25) is 0 Å². The summed E-state index contributed by atoms with van der Waals surface area (Å²) in [5, 5.41) is 3.87. The van der Waals surface area contributed by atoms with Crippen molar-refractivity contribution in [3.8, 4) is 11.5 Å². The summed E-state index contributed by atoms with van der Waals surface area (Å²) < 4.78 is 36.7. The SMILES string of the molecule is Nc1cc(F)c(F)cc1-c1nc(C2CCCOC2)no1. The molecule has 0 aliphatic carbocycles. The van der Waals surface area contributed by atoms with Crippen molar-refractivity contribution in [2.24, 2.45) is 0 Å². The first-order valence-electron chi connectivity index (χ1n) is 6.31. The lowest BCUT2D eigenvalue weighted by Gasteiger charge is -2.18. The summed E-state index contributed by atoms with van der Waals surface area (Å²) in [6.45, 7) is 1.27. The van der Waals surface area contributed by atoms with Crippen molar-refractivity contribution < 1.29 is 18.0 Å². The topological polar surface area (TPSA) is 74.2 Å². The maximum Gasteiger partial charge on any atom is 0.260 e. The van der Waals surface area contributed by atoms with Crippen LogP contribution in [0.15, 0.2) is 16.7 Å². The first-order valence-corrected chi connectivity index (χ1v) is 6.31. The smallest absolute Gasteiger partial charge is 0.260 e. The van der Waals surface area contributed by atoms with Crippen LogP contribution in [0.5, 0.6) is 0 Å². The van der Waals surface area contributed by atoms with Gasteiger partial charge in [-0.05, 0) is 18.9 Å². The van der Waals surface area contributed by atoms with Gasteiger partial charge < -0.3 is 15.0 Å². The summed E-state index contributed by atoms with van der Waals surface area (Å²) in [6, 6.07) is 1.86. The number of nitrogen functional groups attached to an aromatic ring is 1. The second-order valence-corrected chi connectivity index (χ2v) is 4.73. The number of rotatable bonds is 2. The van der Waals surface area contributed by atoms with E-state index in [1.54, 1.807) is 0 Å². The Balaban J connectivity index is 1.91. The number of hydrogen-bond acceptors (Lipinski definition) is 5. The van der Waals surface area contributed by atoms with E-state index < -0.39 is 11.6 Å². The van der Waals surface area contributed by atoms with Gasteiger partial charge in [-0.25, -0.2) is 8.78 Å². The molecule has 2 heterocycles. The van der Waals surface area contributed by atoms with Crippen LogP contribution < -0.4 is 5.73 Å². The zero-order valence-corrected chi connectivity index (χ0v) is 10.6. The van der Waals surface area contributed by atoms with E-state index in [1.807, 2.05) is 0 Å². The molecule has 1 fully saturated rings. The predicted molar refractivity (Wildman–Crippen MR) is 66.9 cm³/mol. The molecule has 106 valence electrons. The molecule has 1 saturated heterocycles. The van der Waals surface area contributed by atoms with E-state index in [2.05, 4.69) is 10.1 Å². The van der Waals surface area contributed by atoms with Gasteiger partial charge in [0.25, 0.3) is 5.89 Å². The minimum absolute atomic E-state index is 0.0546. The molecule has 1 unspecified atom stereocenters. The van der Waals surface area contributed by atoms with Crippen molar-refractivity contribution in [3.05, 3.63) is 29.6 Å². The molecule has 0 spiro atoms. The van der Waals surface area contributed by atoms with Crippen molar-refractivity contribution in [1.82, 2.24) is 10.1 Å². The first-order chi connectivity index (χ1) is 9.65. The Hall–Kier alpha value is -2.02. The van der Waals surface area contributed by atoms with Crippen LogP contribution in [0.3, 0.4) is 0 Å². The molecule has 0 radical (unpaired) electrons. The van der Waals surface area contributed by atoms with E-state index in [9.17, 15) is 8.78 Å². The molecule has 0 amide bonds. The maximum atomic E-state index is 13.3. The Morgan fingerprint density at radius 3 is 2.80 bits per heavy atom. The number of nitrogens with two attached hydrogens (primary N) is 1. The Bertz CT molecular complexity index is 624. The predicted octanol–water partition coefficient (Wildman–Crippen LogP) is 2.49. The highest BCUT2D eigenvalue weighted by Crippen LogP contribution is 2.29. The standard InChI is InChI=1S/C13H13F2N3O2/c14-9-4-8(11(16)5-10(9)15)13-17-12(18-20-13)7-2-1-3-19-6-7/h4-5,7H,1-3,6,16H2. The number of halogens is 2. The van der Waals surface area contributed by atoms with Gasteiger partial charge in [0.1, 0.15) is 0 Å². The molecule has 1 atom stereocenters. The Morgan fingerprint density at radius 1 is 1.25 bits per heavy atom. The van der Waals surface area contributed by atoms with Crippen LogP contribution in [0.4, 0.5) is 14.5 Å². The number of aromatic nitrogens is 2. The third-order valence-corrected chi connectivity index (χ3v) is 3.29. The number of ether oxygens (including phenoxy) is 1. The molecule has 1 aromatic carbocycles. The van der Waals surface area contributed by atoms with Gasteiger partial charge in [-0.1, -0.05) is 5.16 Å². The third-order valence-electron chi connectivity index (χ3n) is 3.29. The number of hydrogen-bond donors (Lipinski definition) is 1. The van der Waals surface area contributed by atoms with Crippen LogP contribution in [-0.4, -0.2) is 23.4 Å². The molecular weight excluding hydrogens is 268 g/mol. The van der Waals surface area contributed by atoms with E-state index in [0.717, 1.165) is 31.6 Å². The Morgan fingerprint density at radius 2 is 2.05 bits per heavy atom. The molecule has 2 aromatic rings. The second-order valence-electron chi connectivity index (χ2n) is 4.73. The van der Waals surface area contributed by atoms with Crippen molar-refractivity contribution in [2.75, 3.05) is 18.9 Å². The Kier molecular flexibility index (Phi) is 3.35. The lowest BCUT2D eigenvalue weighted by Crippen LogP contribution is -2.16. The average molecular weight is 281 g/mol. The Labute approximate surface area is 113 Å². The minimum Gasteiger partial charge on any atom is -0.398 e. The number of nitrogens with zero attached hydrogens (tertiary/aromatic N) is 2. The van der Waals surface area contributed by atoms with E-state index in [1.165, 1.54) is 0 Å². The summed E-state index contributed by atoms with van der Waals surface area (Å²) >= 11 is 0. The van der Waals surface area contributed by atoms with Crippen LogP contribution in [0.25, 0.3) is 11.5 Å². The van der Waals surface area contributed by atoms with Gasteiger partial charge in [0.15, 0.2) is 17.5 Å². The van der Waals surface area contributed by atoms with E-state index in [0.29, 0.717) is 12.4 Å². The highest BCUT2D eigenvalue weighted by molar-refractivity contribution is 5.70. The van der Waals surface area contributed by atoms with Crippen molar-refractivity contribution >= 4 is 5.69 Å². The van der Waals surface area contributed by atoms with Gasteiger partial charge in [-0.2, -0.15) is 4.98 Å². The number of anilines is 1. The van der Waals surface area contributed by atoms with Crippen LogP contribution in [0, 0.1) is 11.6 Å². The highest BCUT2D eigenvalue weighted by Gasteiger charge is 2.23. The van der Waals surface area contributed by atoms with Crippen LogP contribution in [0.2, 0.25) is 0 Å². The van der Waals surface area contributed by atoms with Crippen molar-refractivity contribution in [2.45, 2.75) is 18.8 Å². The zero-order valence-electron chi connectivity index (χ0n) is 10.6. The zero-order chi connectivity index (χ0) is 14.1. The van der Waals surface area contributed by atoms with Crippen molar-refractivity contribution in [3.63, 3.8) is 0 Å². The molecule has 1 aliphatic heterocycles. The molecule has 1 aromatic heterocycles. The highest BCUT2D eigenvalue weighted by atomic mass is 19.2. The molecule has 7 heteroatoms. The quantitative estimate of drug-likeness (QED) is 0.856. The van der Waals surface area contributed by atoms with Crippen LogP contribution >= 0.6 is 0 Å². The lowest BCUT2D eigenvalue weighted by atomic mass is 10.0. The van der Waals surface area contributed by atoms with Gasteiger partial charge in [-0.15, -0.1) is 0 Å². The lowest BCUT2D eigenvalue weighted by molar-refractivity contribution is 0.0773. The third kappa shape index (κ3) is 2.36. The molecular formula is C13H13F2N3O2. The van der Waals surface area contributed by atoms with Gasteiger partial charge in [0.05, 0.1) is 12.2 Å². The molecule has 20 heavy (non-hydrogen) atoms. The van der Waals surface area contributed by atoms with Crippen molar-refractivity contribution in [1.29, 1.82) is 0 Å². The summed E-state index contributed by atoms with van der Waals surface area (Å²) in [4.78, 5) is 4.21. The summed E-state index contributed by atoms with van der Waals surface area (Å²) in [6.07, 6.45) is 1.84. The van der Waals surface area contributed by atoms with Gasteiger partial charge in [0.2, 0.25) is 0 Å². The summed E-state index contributed by atoms with van der Waals surface area (Å²) in [5.74, 6) is -1.36. The minimum atomic E-state index is -1.01. The van der Waals surface area contributed by atoms with Gasteiger partial charge >= 0.3 is 0 Å². The fraction of sp³-hybridized carbons (Fsp3) is 0.385. The largest absolute Gasteiger partial charge is 0.398 e. The monoisotopic (exact) mass is 281 g/mol. The fourth-order valence-corrected chi connectivity index (χ4v) is 2.20. The normalized spacial score (nSPS) is 19.2. The fourth-order valence-electron chi connectivity index (χ4n) is 2.20. The molecule has 5 nitrogen and oxygen atoms in total. The maximum absolute atomic E-state index is 13.3. The van der Waals surface area contributed by atoms with Gasteiger partial charge in [0, 0.05) is 24.3 Å². The molecule has 3 rings (SSSR count). The molecule has 0 bridgehead atoms. The summed E-state index contributed by atoms with van der Waals surface area (Å²) in [5.41, 5.74) is 5.90. The van der Waals surface area contributed by atoms with E-state index >= 15 is 0 Å². The second kappa shape index (κ2) is 5.16. The van der Waals surface area contributed by atoms with Crippen LogP contribution in [0.1, 0.15) is 24.6 Å². The molecule has 2 N–H and O–H groups in total. The average Bonchev–Trinajstić information content (AvgIpc) is 2.93. The van der Waals surface area contributed by atoms with E-state index in [-0.39, 0.29) is 23.1 Å². The molecule has 1 aliphatic rings. The number of benzene rings is 1. The van der Waals surface area contributed by atoms with Crippen LogP contribution in [-0.2, 0) is 4.74 Å². The van der Waals surface area contributed by atoms with E-state index in [4.69, 9.17) is 15.0 Å².